The number of nitrogens with zero attached hydrogens (tertiary/aromatic N) is 2. The van der Waals surface area contributed by atoms with E-state index in [0.29, 0.717) is 23.5 Å². The number of hydrogen-bond donors (Lipinski definition) is 2. The molecule has 2 aliphatic heterocycles. The lowest BCUT2D eigenvalue weighted by Gasteiger charge is -2.23. The number of benzene rings is 1. The number of nitrogens with one attached hydrogen (secondary N) is 2. The van der Waals surface area contributed by atoms with Gasteiger partial charge in [0.25, 0.3) is 5.91 Å². The van der Waals surface area contributed by atoms with Crippen LogP contribution in [0.1, 0.15) is 19.8 Å². The fraction of sp³-hybridized carbons (Fsp3) is 0.412. The first-order chi connectivity index (χ1) is 12.3. The van der Waals surface area contributed by atoms with Gasteiger partial charge in [-0.2, -0.15) is 0 Å². The Morgan fingerprint density at radius 3 is 2.81 bits per heavy atom. The fourth-order valence-corrected chi connectivity index (χ4v) is 2.80. The van der Waals surface area contributed by atoms with Crippen molar-refractivity contribution in [1.82, 2.24) is 9.80 Å². The van der Waals surface area contributed by atoms with Crippen LogP contribution in [0.4, 0.5) is 16.2 Å². The smallest absolute Gasteiger partial charge is 0.326 e. The second-order valence-electron chi connectivity index (χ2n) is 6.30. The zero-order chi connectivity index (χ0) is 18.8. The molecule has 2 aliphatic rings. The number of carbonyl (C=O) groups excluding carboxylic acids is 4. The number of likely N-dealkylation sites (N-methyl/N-ethyl adjacent to an activating group) is 1. The van der Waals surface area contributed by atoms with Crippen LogP contribution in [0, 0.1) is 0 Å². The number of fused-ring (bicyclic) bond motifs is 1. The minimum atomic E-state index is -0.557. The summed E-state index contributed by atoms with van der Waals surface area (Å²) in [6.45, 7) is 1.94. The highest BCUT2D eigenvalue weighted by atomic mass is 16.5. The number of anilines is 2. The Morgan fingerprint density at radius 1 is 1.35 bits per heavy atom. The monoisotopic (exact) mass is 360 g/mol. The van der Waals surface area contributed by atoms with Crippen molar-refractivity contribution in [3.8, 4) is 5.75 Å². The summed E-state index contributed by atoms with van der Waals surface area (Å²) in [5.74, 6) is -0.192. The summed E-state index contributed by atoms with van der Waals surface area (Å²) in [6.07, 6.45) is -0.0185. The SMILES string of the molecule is C[C@H]1Oc2ccc(NC(=O)CCCN3C(=O)CN(C)C3=O)cc2NC1=O. The van der Waals surface area contributed by atoms with Crippen molar-refractivity contribution >= 4 is 35.1 Å². The number of hydrogen-bond acceptors (Lipinski definition) is 5. The topological polar surface area (TPSA) is 108 Å². The third-order valence-electron chi connectivity index (χ3n) is 4.21. The van der Waals surface area contributed by atoms with Crippen molar-refractivity contribution in [1.29, 1.82) is 0 Å². The number of carbonyl (C=O) groups is 4. The zero-order valence-electron chi connectivity index (χ0n) is 14.6. The maximum atomic E-state index is 12.1. The lowest BCUT2D eigenvalue weighted by Crippen LogP contribution is -2.34. The van der Waals surface area contributed by atoms with Crippen LogP contribution in [0.25, 0.3) is 0 Å². The zero-order valence-corrected chi connectivity index (χ0v) is 14.6. The van der Waals surface area contributed by atoms with E-state index >= 15 is 0 Å². The molecule has 9 nitrogen and oxygen atoms in total. The number of urea groups is 1. The van der Waals surface area contributed by atoms with Gasteiger partial charge in [-0.3, -0.25) is 19.3 Å². The summed E-state index contributed by atoms with van der Waals surface area (Å²) >= 11 is 0. The van der Waals surface area contributed by atoms with Gasteiger partial charge in [0.1, 0.15) is 12.3 Å². The van der Waals surface area contributed by atoms with Crippen LogP contribution in [0.3, 0.4) is 0 Å². The molecule has 3 rings (SSSR count). The van der Waals surface area contributed by atoms with Crippen molar-refractivity contribution in [3.63, 3.8) is 0 Å². The largest absolute Gasteiger partial charge is 0.479 e. The Bertz CT molecular complexity index is 778. The van der Waals surface area contributed by atoms with Crippen LogP contribution in [0.15, 0.2) is 18.2 Å². The van der Waals surface area contributed by atoms with Crippen molar-refractivity contribution in [2.45, 2.75) is 25.9 Å². The van der Waals surface area contributed by atoms with Gasteiger partial charge in [0.05, 0.1) is 5.69 Å². The molecule has 1 fully saturated rings. The molecule has 0 bridgehead atoms. The van der Waals surface area contributed by atoms with E-state index in [-0.39, 0.29) is 43.3 Å². The maximum absolute atomic E-state index is 12.1. The molecule has 1 saturated heterocycles. The molecule has 26 heavy (non-hydrogen) atoms. The first-order valence-electron chi connectivity index (χ1n) is 8.32. The Morgan fingerprint density at radius 2 is 2.12 bits per heavy atom. The second-order valence-corrected chi connectivity index (χ2v) is 6.30. The predicted octanol–water partition coefficient (Wildman–Crippen LogP) is 1.02. The number of ether oxygens (including phenoxy) is 1. The lowest BCUT2D eigenvalue weighted by molar-refractivity contribution is -0.125. The van der Waals surface area contributed by atoms with Crippen LogP contribution >= 0.6 is 0 Å². The Hall–Kier alpha value is -3.10. The van der Waals surface area contributed by atoms with Crippen LogP contribution in [0.2, 0.25) is 0 Å². The van der Waals surface area contributed by atoms with E-state index < -0.39 is 6.10 Å². The minimum absolute atomic E-state index is 0.0760. The molecule has 9 heteroatoms. The molecule has 1 aromatic carbocycles. The minimum Gasteiger partial charge on any atom is -0.479 e. The van der Waals surface area contributed by atoms with Gasteiger partial charge >= 0.3 is 6.03 Å². The van der Waals surface area contributed by atoms with Gasteiger partial charge in [0.2, 0.25) is 11.8 Å². The van der Waals surface area contributed by atoms with Crippen LogP contribution in [-0.4, -0.2) is 59.8 Å². The van der Waals surface area contributed by atoms with E-state index in [1.165, 1.54) is 4.90 Å². The Kier molecular flexibility index (Phi) is 4.79. The van der Waals surface area contributed by atoms with E-state index in [1.807, 2.05) is 0 Å². The molecular weight excluding hydrogens is 340 g/mol. The summed E-state index contributed by atoms with van der Waals surface area (Å²) in [7, 11) is 1.56. The van der Waals surface area contributed by atoms with Crippen LogP contribution in [-0.2, 0) is 14.4 Å². The summed E-state index contributed by atoms with van der Waals surface area (Å²) in [5, 5.41) is 5.45. The van der Waals surface area contributed by atoms with Gasteiger partial charge in [-0.15, -0.1) is 0 Å². The standard InChI is InChI=1S/C17H20N4O5/c1-10-16(24)19-12-8-11(5-6-13(12)26-10)18-14(22)4-3-7-21-15(23)9-20(2)17(21)25/h5-6,8,10H,3-4,7,9H2,1-2H3,(H,18,22)(H,19,24)/t10-/m1/s1. The lowest BCUT2D eigenvalue weighted by atomic mass is 10.2. The summed E-state index contributed by atoms with van der Waals surface area (Å²) in [5.41, 5.74) is 1.03. The molecule has 0 aromatic heterocycles. The van der Waals surface area contributed by atoms with Crippen molar-refractivity contribution in [2.75, 3.05) is 30.8 Å². The molecule has 1 atom stereocenters. The van der Waals surface area contributed by atoms with Gasteiger partial charge < -0.3 is 20.3 Å². The number of rotatable bonds is 5. The third-order valence-corrected chi connectivity index (χ3v) is 4.21. The Labute approximate surface area is 150 Å². The molecule has 2 N–H and O–H groups in total. The van der Waals surface area contributed by atoms with Gasteiger partial charge in [-0.25, -0.2) is 4.79 Å². The first-order valence-corrected chi connectivity index (χ1v) is 8.32. The second kappa shape index (κ2) is 7.03. The fourth-order valence-electron chi connectivity index (χ4n) is 2.80. The highest BCUT2D eigenvalue weighted by Crippen LogP contribution is 2.32. The maximum Gasteiger partial charge on any atom is 0.326 e. The molecule has 0 aliphatic carbocycles. The summed E-state index contributed by atoms with van der Waals surface area (Å²) < 4.78 is 5.46. The summed E-state index contributed by atoms with van der Waals surface area (Å²) in [6, 6.07) is 4.65. The number of amides is 5. The molecule has 0 spiro atoms. The van der Waals surface area contributed by atoms with Gasteiger partial charge in [0.15, 0.2) is 6.10 Å². The Balaban J connectivity index is 1.51. The summed E-state index contributed by atoms with van der Waals surface area (Å²) in [4.78, 5) is 49.6. The molecule has 5 amide bonds. The average molecular weight is 360 g/mol. The predicted molar refractivity (Wildman–Crippen MR) is 92.8 cm³/mol. The van der Waals surface area contributed by atoms with E-state index in [1.54, 1.807) is 32.2 Å². The molecule has 0 saturated carbocycles. The normalized spacial score (nSPS) is 19.2. The molecule has 1 aromatic rings. The van der Waals surface area contributed by atoms with Gasteiger partial charge in [-0.05, 0) is 31.5 Å². The van der Waals surface area contributed by atoms with E-state index in [4.69, 9.17) is 4.74 Å². The van der Waals surface area contributed by atoms with Crippen molar-refractivity contribution in [3.05, 3.63) is 18.2 Å². The molecular formula is C17H20N4O5. The van der Waals surface area contributed by atoms with E-state index in [9.17, 15) is 19.2 Å². The highest BCUT2D eigenvalue weighted by Gasteiger charge is 2.32. The van der Waals surface area contributed by atoms with Gasteiger partial charge in [0, 0.05) is 25.7 Å². The average Bonchev–Trinajstić information content (AvgIpc) is 2.82. The molecule has 2 heterocycles. The first kappa shape index (κ1) is 17.7. The third kappa shape index (κ3) is 3.61. The highest BCUT2D eigenvalue weighted by molar-refractivity contribution is 6.02. The molecule has 0 radical (unpaired) electrons. The van der Waals surface area contributed by atoms with E-state index in [0.717, 1.165) is 4.90 Å². The van der Waals surface area contributed by atoms with Crippen LogP contribution < -0.4 is 15.4 Å². The van der Waals surface area contributed by atoms with Crippen molar-refractivity contribution in [2.24, 2.45) is 0 Å². The van der Waals surface area contributed by atoms with Crippen molar-refractivity contribution < 1.29 is 23.9 Å². The molecule has 0 unspecified atom stereocenters. The van der Waals surface area contributed by atoms with Crippen LogP contribution in [0.5, 0.6) is 5.75 Å². The quantitative estimate of drug-likeness (QED) is 0.762. The van der Waals surface area contributed by atoms with E-state index in [2.05, 4.69) is 10.6 Å². The number of imide groups is 1. The van der Waals surface area contributed by atoms with Gasteiger partial charge in [-0.1, -0.05) is 0 Å². The molecule has 138 valence electrons.